The molecule has 0 bridgehead atoms. The molecule has 1 amide bonds. The first-order chi connectivity index (χ1) is 6.93. The number of rotatable bonds is 6. The van der Waals surface area contributed by atoms with E-state index >= 15 is 0 Å². The molecule has 0 saturated heterocycles. The molecule has 6 N–H and O–H groups in total. The first-order valence-corrected chi connectivity index (χ1v) is 4.47. The van der Waals surface area contributed by atoms with Crippen LogP contribution in [0.3, 0.4) is 0 Å². The summed E-state index contributed by atoms with van der Waals surface area (Å²) in [4.78, 5) is 10.7. The smallest absolute Gasteiger partial charge is 0.217 e. The van der Waals surface area contributed by atoms with Crippen molar-refractivity contribution in [3.05, 3.63) is 0 Å². The second-order valence-corrected chi connectivity index (χ2v) is 3.22. The van der Waals surface area contributed by atoms with Crippen molar-refractivity contribution in [2.45, 2.75) is 31.3 Å². The van der Waals surface area contributed by atoms with Gasteiger partial charge in [0.2, 0.25) is 5.91 Å². The molecular weight excluding hydrogens is 206 g/mol. The molecule has 0 aliphatic carbocycles. The molecule has 0 aromatic carbocycles. The highest BCUT2D eigenvalue weighted by molar-refractivity contribution is 5.73. The van der Waals surface area contributed by atoms with E-state index < -0.39 is 43.5 Å². The number of hydrogen-bond acceptors (Lipinski definition) is 6. The van der Waals surface area contributed by atoms with Gasteiger partial charge in [-0.2, -0.15) is 0 Å². The summed E-state index contributed by atoms with van der Waals surface area (Å²) < 4.78 is 0. The van der Waals surface area contributed by atoms with Crippen molar-refractivity contribution in [3.8, 4) is 0 Å². The number of nitrogens with one attached hydrogen (secondary N) is 1. The summed E-state index contributed by atoms with van der Waals surface area (Å²) in [6.45, 7) is -0.128. The molecule has 0 aromatic heterocycles. The van der Waals surface area contributed by atoms with Crippen LogP contribution in [-0.2, 0) is 4.79 Å². The minimum absolute atomic E-state index is 0.487. The predicted molar refractivity (Wildman–Crippen MR) is 49.8 cm³/mol. The van der Waals surface area contributed by atoms with Crippen LogP contribution in [0.25, 0.3) is 0 Å². The van der Waals surface area contributed by atoms with Crippen molar-refractivity contribution >= 4 is 5.91 Å². The molecule has 0 aromatic rings. The number of hydrogen-bond donors (Lipinski definition) is 6. The number of aliphatic hydroxyl groups is 5. The highest BCUT2D eigenvalue weighted by Gasteiger charge is 2.31. The van der Waals surface area contributed by atoms with E-state index in [4.69, 9.17) is 15.3 Å². The van der Waals surface area contributed by atoms with Crippen molar-refractivity contribution in [2.24, 2.45) is 0 Å². The predicted octanol–water partition coefficient (Wildman–Crippen LogP) is -3.44. The van der Waals surface area contributed by atoms with Crippen molar-refractivity contribution < 1.29 is 30.3 Å². The number of aliphatic hydroxyl groups excluding tert-OH is 5. The lowest BCUT2D eigenvalue weighted by molar-refractivity contribution is -0.124. The quantitative estimate of drug-likeness (QED) is 0.278. The Labute approximate surface area is 87.0 Å². The van der Waals surface area contributed by atoms with Gasteiger partial charge >= 0.3 is 0 Å². The van der Waals surface area contributed by atoms with Crippen LogP contribution >= 0.6 is 0 Å². The molecular formula is C8H17NO6. The van der Waals surface area contributed by atoms with Gasteiger partial charge < -0.3 is 30.8 Å². The fourth-order valence-electron chi connectivity index (χ4n) is 1.07. The molecule has 0 radical (unpaired) electrons. The molecule has 15 heavy (non-hydrogen) atoms. The van der Waals surface area contributed by atoms with Gasteiger partial charge in [-0.05, 0) is 0 Å². The minimum atomic E-state index is -1.64. The van der Waals surface area contributed by atoms with Crippen molar-refractivity contribution in [3.63, 3.8) is 0 Å². The summed E-state index contributed by atoms with van der Waals surface area (Å²) in [6, 6.07) is -1.08. The Kier molecular flexibility index (Phi) is 6.37. The summed E-state index contributed by atoms with van der Waals surface area (Å²) in [5.74, 6) is -0.487. The second kappa shape index (κ2) is 6.70. The van der Waals surface area contributed by atoms with E-state index in [0.29, 0.717) is 0 Å². The molecule has 4 atom stereocenters. The van der Waals surface area contributed by atoms with Crippen LogP contribution in [0.5, 0.6) is 0 Å². The summed E-state index contributed by atoms with van der Waals surface area (Å²) >= 11 is 0. The van der Waals surface area contributed by atoms with Crippen molar-refractivity contribution in [1.82, 2.24) is 5.32 Å². The number of amides is 1. The molecule has 0 rings (SSSR count). The van der Waals surface area contributed by atoms with Gasteiger partial charge in [-0.3, -0.25) is 4.79 Å². The SMILES string of the molecule is CC(=O)NC(CO)C(O)C(O)C(O)CO. The Bertz CT molecular complexity index is 200. The molecule has 0 fully saturated rings. The van der Waals surface area contributed by atoms with Crippen LogP contribution < -0.4 is 5.32 Å². The zero-order valence-electron chi connectivity index (χ0n) is 8.37. The third-order valence-electron chi connectivity index (χ3n) is 1.93. The van der Waals surface area contributed by atoms with Gasteiger partial charge in [-0.25, -0.2) is 0 Å². The Balaban J connectivity index is 4.35. The van der Waals surface area contributed by atoms with Crippen molar-refractivity contribution in [2.75, 3.05) is 13.2 Å². The van der Waals surface area contributed by atoms with Crippen LogP contribution in [0, 0.1) is 0 Å². The largest absolute Gasteiger partial charge is 0.394 e. The van der Waals surface area contributed by atoms with Crippen LogP contribution in [0.4, 0.5) is 0 Å². The highest BCUT2D eigenvalue weighted by Crippen LogP contribution is 2.04. The van der Waals surface area contributed by atoms with Gasteiger partial charge in [0.15, 0.2) is 0 Å². The van der Waals surface area contributed by atoms with Gasteiger partial charge in [0.05, 0.1) is 19.3 Å². The Morgan fingerprint density at radius 1 is 1.13 bits per heavy atom. The molecule has 0 aliphatic heterocycles. The maximum Gasteiger partial charge on any atom is 0.217 e. The van der Waals surface area contributed by atoms with Crippen LogP contribution in [0.15, 0.2) is 0 Å². The number of carbonyl (C=O) groups excluding carboxylic acids is 1. The summed E-state index contributed by atoms with van der Waals surface area (Å²) in [7, 11) is 0. The van der Waals surface area contributed by atoms with Crippen LogP contribution in [0.1, 0.15) is 6.92 Å². The summed E-state index contributed by atoms with van der Waals surface area (Å²) in [5, 5.41) is 47.3. The van der Waals surface area contributed by atoms with Crippen molar-refractivity contribution in [1.29, 1.82) is 0 Å². The van der Waals surface area contributed by atoms with E-state index in [2.05, 4.69) is 5.32 Å². The average molecular weight is 223 g/mol. The van der Waals surface area contributed by atoms with E-state index in [9.17, 15) is 15.0 Å². The minimum Gasteiger partial charge on any atom is -0.394 e. The molecule has 7 nitrogen and oxygen atoms in total. The molecule has 90 valence electrons. The van der Waals surface area contributed by atoms with E-state index in [1.807, 2.05) is 0 Å². The lowest BCUT2D eigenvalue weighted by Gasteiger charge is -2.27. The first kappa shape index (κ1) is 14.3. The third-order valence-corrected chi connectivity index (χ3v) is 1.93. The van der Waals surface area contributed by atoms with Gasteiger partial charge in [-0.15, -0.1) is 0 Å². The lowest BCUT2D eigenvalue weighted by Crippen LogP contribution is -2.53. The zero-order chi connectivity index (χ0) is 12.0. The molecule has 0 spiro atoms. The summed E-state index contributed by atoms with van der Waals surface area (Å²) in [6.07, 6.45) is -4.72. The maximum atomic E-state index is 10.7. The lowest BCUT2D eigenvalue weighted by atomic mass is 10.0. The molecule has 0 saturated carbocycles. The van der Waals surface area contributed by atoms with Gasteiger partial charge in [0.1, 0.15) is 18.3 Å². The van der Waals surface area contributed by atoms with Crippen LogP contribution in [-0.4, -0.2) is 69.0 Å². The first-order valence-electron chi connectivity index (χ1n) is 4.47. The van der Waals surface area contributed by atoms with E-state index in [0.717, 1.165) is 0 Å². The molecule has 7 heteroatoms. The van der Waals surface area contributed by atoms with E-state index in [1.165, 1.54) is 6.92 Å². The van der Waals surface area contributed by atoms with Gasteiger partial charge in [-0.1, -0.05) is 0 Å². The van der Waals surface area contributed by atoms with Gasteiger partial charge in [0, 0.05) is 6.92 Å². The second-order valence-electron chi connectivity index (χ2n) is 3.22. The van der Waals surface area contributed by atoms with Crippen LogP contribution in [0.2, 0.25) is 0 Å². The summed E-state index contributed by atoms with van der Waals surface area (Å²) in [5.41, 5.74) is 0. The maximum absolute atomic E-state index is 10.7. The topological polar surface area (TPSA) is 130 Å². The fourth-order valence-corrected chi connectivity index (χ4v) is 1.07. The van der Waals surface area contributed by atoms with E-state index in [-0.39, 0.29) is 0 Å². The molecule has 0 aliphatic rings. The third kappa shape index (κ3) is 4.54. The zero-order valence-corrected chi connectivity index (χ0v) is 8.37. The monoisotopic (exact) mass is 223 g/mol. The van der Waals surface area contributed by atoms with E-state index in [1.54, 1.807) is 0 Å². The Morgan fingerprint density at radius 3 is 2.00 bits per heavy atom. The van der Waals surface area contributed by atoms with Gasteiger partial charge in [0.25, 0.3) is 0 Å². The Morgan fingerprint density at radius 2 is 1.67 bits per heavy atom. The standard InChI is InChI=1S/C8H17NO6/c1-4(12)9-5(2-10)7(14)8(15)6(13)3-11/h5-8,10-11,13-15H,2-3H2,1H3,(H,9,12). The number of carbonyl (C=O) groups is 1. The molecule has 4 unspecified atom stereocenters. The fraction of sp³-hybridized carbons (Fsp3) is 0.875. The normalized spacial score (nSPS) is 19.1. The Hall–Kier alpha value is -0.730. The molecule has 0 heterocycles. The average Bonchev–Trinajstić information content (AvgIpc) is 2.22. The highest BCUT2D eigenvalue weighted by atomic mass is 16.4.